The molecule has 0 saturated carbocycles. The van der Waals surface area contributed by atoms with Crippen molar-refractivity contribution in [3.05, 3.63) is 59.3 Å². The Hall–Kier alpha value is -3.40. The maximum Gasteiger partial charge on any atom is 0.416 e. The second kappa shape index (κ2) is 9.84. The molecule has 2 heterocycles. The third-order valence-electron chi connectivity index (χ3n) is 6.08. The van der Waals surface area contributed by atoms with Crippen molar-refractivity contribution in [2.45, 2.75) is 19.5 Å². The third-order valence-corrected chi connectivity index (χ3v) is 6.08. The molecule has 10 heteroatoms. The number of alkyl halides is 3. The number of fused-ring (bicyclic) bond motifs is 1. The molecule has 0 atom stereocenters. The Kier molecular flexibility index (Phi) is 6.87. The summed E-state index contributed by atoms with van der Waals surface area (Å²) in [5.74, 6) is 0.678. The second-order valence-electron chi connectivity index (χ2n) is 8.40. The molecule has 0 aliphatic carbocycles. The standard InChI is InChI=1S/C24H27F3N4O3/c1-16-20-14-19(32)5-6-22(20)34-29-21(16)7-8-28-23(33)15-30-9-11-31(12-10-30)18-4-2-3-17(13-18)24(25,26)27/h2-6,13-14,29,32H,7-12,15H2,1H3,(H,28,33). The van der Waals surface area contributed by atoms with Crippen molar-refractivity contribution in [1.82, 2.24) is 15.7 Å². The van der Waals surface area contributed by atoms with Gasteiger partial charge >= 0.3 is 6.18 Å². The Morgan fingerprint density at radius 3 is 2.65 bits per heavy atom. The first kappa shape index (κ1) is 23.7. The van der Waals surface area contributed by atoms with E-state index in [9.17, 15) is 23.1 Å². The van der Waals surface area contributed by atoms with Crippen molar-refractivity contribution in [3.63, 3.8) is 0 Å². The van der Waals surface area contributed by atoms with Gasteiger partial charge in [-0.15, -0.1) is 0 Å². The number of anilines is 1. The highest BCUT2D eigenvalue weighted by Crippen LogP contribution is 2.34. The number of hydrogen-bond donors (Lipinski definition) is 3. The van der Waals surface area contributed by atoms with Gasteiger partial charge in [0.25, 0.3) is 0 Å². The lowest BCUT2D eigenvalue weighted by atomic mass is 10.0. The van der Waals surface area contributed by atoms with Crippen LogP contribution in [-0.4, -0.2) is 55.2 Å². The number of hydroxylamine groups is 1. The van der Waals surface area contributed by atoms with Crippen molar-refractivity contribution in [2.24, 2.45) is 0 Å². The zero-order valence-electron chi connectivity index (χ0n) is 18.8. The Labute approximate surface area is 195 Å². The number of carbonyl (C=O) groups excluding carboxylic acids is 1. The van der Waals surface area contributed by atoms with Crippen LogP contribution in [0.5, 0.6) is 11.5 Å². The van der Waals surface area contributed by atoms with Crippen LogP contribution >= 0.6 is 0 Å². The number of phenols is 1. The molecule has 2 aliphatic heterocycles. The SMILES string of the molecule is CC1=C(CCNC(=O)CN2CCN(c3cccc(C(F)(F)F)c3)CC2)NOc2ccc(O)cc21. The minimum absolute atomic E-state index is 0.111. The van der Waals surface area contributed by atoms with E-state index in [4.69, 9.17) is 4.84 Å². The van der Waals surface area contributed by atoms with Crippen LogP contribution in [0.2, 0.25) is 0 Å². The molecule has 0 unspecified atom stereocenters. The van der Waals surface area contributed by atoms with E-state index in [0.29, 0.717) is 50.6 Å². The van der Waals surface area contributed by atoms with Gasteiger partial charge in [0.15, 0.2) is 5.75 Å². The molecule has 0 radical (unpaired) electrons. The van der Waals surface area contributed by atoms with E-state index >= 15 is 0 Å². The Balaban J connectivity index is 1.23. The molecule has 0 aromatic heterocycles. The lowest BCUT2D eigenvalue weighted by Crippen LogP contribution is -2.49. The molecule has 1 saturated heterocycles. The highest BCUT2D eigenvalue weighted by molar-refractivity contribution is 5.78. The summed E-state index contributed by atoms with van der Waals surface area (Å²) >= 11 is 0. The van der Waals surface area contributed by atoms with E-state index in [1.54, 1.807) is 24.3 Å². The molecular formula is C24H27F3N4O3. The fraction of sp³-hybridized carbons (Fsp3) is 0.375. The average Bonchev–Trinajstić information content (AvgIpc) is 2.81. The number of piperazine rings is 1. The smallest absolute Gasteiger partial charge is 0.416 e. The summed E-state index contributed by atoms with van der Waals surface area (Å²) in [7, 11) is 0. The number of hydrogen-bond acceptors (Lipinski definition) is 6. The normalized spacial score (nSPS) is 16.5. The number of aromatic hydroxyl groups is 1. The number of phenolic OH excluding ortho intramolecular Hbond substituents is 1. The van der Waals surface area contributed by atoms with Gasteiger partial charge in [-0.25, -0.2) is 5.48 Å². The Morgan fingerprint density at radius 1 is 1.15 bits per heavy atom. The minimum Gasteiger partial charge on any atom is -0.508 e. The van der Waals surface area contributed by atoms with Crippen LogP contribution in [0.25, 0.3) is 5.57 Å². The van der Waals surface area contributed by atoms with Crippen molar-refractivity contribution in [3.8, 4) is 11.5 Å². The number of allylic oxidation sites excluding steroid dienone is 1. The van der Waals surface area contributed by atoms with Gasteiger partial charge in [0.2, 0.25) is 5.91 Å². The molecule has 2 aromatic carbocycles. The highest BCUT2D eigenvalue weighted by Gasteiger charge is 2.31. The molecule has 7 nitrogen and oxygen atoms in total. The first-order chi connectivity index (χ1) is 16.2. The van der Waals surface area contributed by atoms with Gasteiger partial charge in [0, 0.05) is 50.4 Å². The first-order valence-corrected chi connectivity index (χ1v) is 11.1. The molecule has 2 aliphatic rings. The fourth-order valence-corrected chi connectivity index (χ4v) is 4.12. The number of carbonyl (C=O) groups is 1. The Morgan fingerprint density at radius 2 is 1.91 bits per heavy atom. The predicted octanol–water partition coefficient (Wildman–Crippen LogP) is 3.37. The zero-order chi connectivity index (χ0) is 24.3. The molecule has 1 amide bonds. The van der Waals surface area contributed by atoms with Gasteiger partial charge in [-0.2, -0.15) is 13.2 Å². The van der Waals surface area contributed by atoms with Crippen LogP contribution in [0.3, 0.4) is 0 Å². The summed E-state index contributed by atoms with van der Waals surface area (Å²) in [5.41, 5.74) is 5.35. The van der Waals surface area contributed by atoms with Crippen LogP contribution in [0.15, 0.2) is 48.2 Å². The fourth-order valence-electron chi connectivity index (χ4n) is 4.12. The lowest BCUT2D eigenvalue weighted by molar-refractivity contribution is -0.137. The van der Waals surface area contributed by atoms with Crippen LogP contribution in [0.4, 0.5) is 18.9 Å². The molecule has 4 rings (SSSR count). The van der Waals surface area contributed by atoms with Crippen molar-refractivity contribution in [2.75, 3.05) is 44.2 Å². The van der Waals surface area contributed by atoms with E-state index in [1.165, 1.54) is 12.1 Å². The summed E-state index contributed by atoms with van der Waals surface area (Å²) in [5, 5.41) is 12.6. The van der Waals surface area contributed by atoms with Crippen LogP contribution in [-0.2, 0) is 11.0 Å². The number of nitrogens with one attached hydrogen (secondary N) is 2. The molecule has 3 N–H and O–H groups in total. The zero-order valence-corrected chi connectivity index (χ0v) is 18.8. The number of rotatable bonds is 6. The van der Waals surface area contributed by atoms with E-state index in [0.717, 1.165) is 22.9 Å². The maximum absolute atomic E-state index is 13.0. The van der Waals surface area contributed by atoms with Gasteiger partial charge in [-0.1, -0.05) is 6.07 Å². The summed E-state index contributed by atoms with van der Waals surface area (Å²) in [6.07, 6.45) is -3.83. The van der Waals surface area contributed by atoms with Crippen LogP contribution in [0, 0.1) is 0 Å². The number of halogens is 3. The molecular weight excluding hydrogens is 449 g/mol. The van der Waals surface area contributed by atoms with Crippen LogP contribution in [0.1, 0.15) is 24.5 Å². The highest BCUT2D eigenvalue weighted by atomic mass is 19.4. The molecule has 0 spiro atoms. The summed E-state index contributed by atoms with van der Waals surface area (Å²) in [6.45, 7) is 4.85. The monoisotopic (exact) mass is 476 g/mol. The second-order valence-corrected chi connectivity index (χ2v) is 8.40. The first-order valence-electron chi connectivity index (χ1n) is 11.1. The van der Waals surface area contributed by atoms with Gasteiger partial charge in [-0.05, 0) is 48.9 Å². The molecule has 2 aromatic rings. The largest absolute Gasteiger partial charge is 0.508 e. The topological polar surface area (TPSA) is 77.1 Å². The molecule has 182 valence electrons. The molecule has 34 heavy (non-hydrogen) atoms. The summed E-state index contributed by atoms with van der Waals surface area (Å²) < 4.78 is 38.9. The maximum atomic E-state index is 13.0. The van der Waals surface area contributed by atoms with Crippen molar-refractivity contribution in [1.29, 1.82) is 0 Å². The molecule has 1 fully saturated rings. The number of amides is 1. The van der Waals surface area contributed by atoms with Gasteiger partial charge in [-0.3, -0.25) is 9.69 Å². The van der Waals surface area contributed by atoms with Crippen molar-refractivity contribution >= 4 is 17.2 Å². The predicted molar refractivity (Wildman–Crippen MR) is 122 cm³/mol. The molecule has 0 bridgehead atoms. The quantitative estimate of drug-likeness (QED) is 0.594. The minimum atomic E-state index is -4.37. The average molecular weight is 476 g/mol. The summed E-state index contributed by atoms with van der Waals surface area (Å²) in [6, 6.07) is 10.2. The van der Waals surface area contributed by atoms with E-state index in [-0.39, 0.29) is 18.2 Å². The van der Waals surface area contributed by atoms with Crippen molar-refractivity contribution < 1.29 is 27.9 Å². The number of benzene rings is 2. The van der Waals surface area contributed by atoms with Gasteiger partial charge in [0.1, 0.15) is 5.75 Å². The van der Waals surface area contributed by atoms with E-state index in [1.807, 2.05) is 16.7 Å². The van der Waals surface area contributed by atoms with Crippen LogP contribution < -0.4 is 20.5 Å². The van der Waals surface area contributed by atoms with Gasteiger partial charge in [0.05, 0.1) is 17.8 Å². The van der Waals surface area contributed by atoms with Gasteiger partial charge < -0.3 is 20.2 Å². The summed E-state index contributed by atoms with van der Waals surface area (Å²) in [4.78, 5) is 21.8. The Bertz CT molecular complexity index is 1080. The third kappa shape index (κ3) is 5.56. The van der Waals surface area contributed by atoms with E-state index in [2.05, 4.69) is 10.8 Å². The van der Waals surface area contributed by atoms with E-state index < -0.39 is 11.7 Å². The number of nitrogens with zero attached hydrogens (tertiary/aromatic N) is 2. The lowest BCUT2D eigenvalue weighted by Gasteiger charge is -2.36.